The molecule has 1 aliphatic rings. The Morgan fingerprint density at radius 2 is 1.65 bits per heavy atom. The molecular formula is C26H29N3OS. The molecule has 1 aliphatic heterocycles. The van der Waals surface area contributed by atoms with Crippen molar-refractivity contribution in [1.29, 1.82) is 0 Å². The van der Waals surface area contributed by atoms with Gasteiger partial charge in [-0.05, 0) is 22.6 Å². The smallest absolute Gasteiger partial charge is 0.236 e. The molecule has 1 aromatic heterocycles. The van der Waals surface area contributed by atoms with Gasteiger partial charge in [-0.25, -0.2) is 0 Å². The molecule has 2 heterocycles. The van der Waals surface area contributed by atoms with Crippen LogP contribution in [0, 0.1) is 0 Å². The Labute approximate surface area is 188 Å². The number of benzene rings is 2. The molecular weight excluding hydrogens is 402 g/mol. The van der Waals surface area contributed by atoms with Crippen LogP contribution in [0.15, 0.2) is 84.3 Å². The van der Waals surface area contributed by atoms with E-state index in [0.717, 1.165) is 32.7 Å². The summed E-state index contributed by atoms with van der Waals surface area (Å²) in [7, 11) is 0. The second-order valence-electron chi connectivity index (χ2n) is 7.73. The highest BCUT2D eigenvalue weighted by molar-refractivity contribution is 7.10. The average Bonchev–Trinajstić information content (AvgIpc) is 3.36. The Kier molecular flexibility index (Phi) is 7.66. The van der Waals surface area contributed by atoms with E-state index in [0.29, 0.717) is 6.54 Å². The Hall–Kier alpha value is -2.73. The van der Waals surface area contributed by atoms with Gasteiger partial charge in [0.25, 0.3) is 0 Å². The Morgan fingerprint density at radius 3 is 2.32 bits per heavy atom. The average molecular weight is 432 g/mol. The van der Waals surface area contributed by atoms with E-state index in [4.69, 9.17) is 0 Å². The molecule has 1 unspecified atom stereocenters. The highest BCUT2D eigenvalue weighted by Crippen LogP contribution is 2.25. The summed E-state index contributed by atoms with van der Waals surface area (Å²) in [5, 5.41) is 5.58. The van der Waals surface area contributed by atoms with Gasteiger partial charge >= 0.3 is 0 Å². The first kappa shape index (κ1) is 21.5. The van der Waals surface area contributed by atoms with E-state index in [-0.39, 0.29) is 11.9 Å². The molecule has 3 aromatic rings. The molecule has 2 aromatic carbocycles. The lowest BCUT2D eigenvalue weighted by molar-refractivity contribution is -0.132. The number of hydrogen-bond acceptors (Lipinski definition) is 4. The van der Waals surface area contributed by atoms with Crippen LogP contribution in [-0.2, 0) is 4.79 Å². The lowest BCUT2D eigenvalue weighted by Gasteiger charge is -2.34. The summed E-state index contributed by atoms with van der Waals surface area (Å²) in [6, 6.07) is 24.9. The highest BCUT2D eigenvalue weighted by Gasteiger charge is 2.22. The van der Waals surface area contributed by atoms with Crippen LogP contribution in [0.4, 0.5) is 0 Å². The molecule has 0 aliphatic carbocycles. The van der Waals surface area contributed by atoms with Crippen molar-refractivity contribution in [1.82, 2.24) is 15.1 Å². The summed E-state index contributed by atoms with van der Waals surface area (Å²) in [6.07, 6.45) is 4.37. The summed E-state index contributed by atoms with van der Waals surface area (Å²) in [5.74, 6) is 0.178. The number of nitrogens with zero attached hydrogens (tertiary/aromatic N) is 2. The van der Waals surface area contributed by atoms with Crippen molar-refractivity contribution in [3.8, 4) is 0 Å². The van der Waals surface area contributed by atoms with Crippen LogP contribution in [-0.4, -0.2) is 55.0 Å². The van der Waals surface area contributed by atoms with Crippen molar-refractivity contribution in [2.45, 2.75) is 6.04 Å². The third-order valence-electron chi connectivity index (χ3n) is 5.62. The quantitative estimate of drug-likeness (QED) is 0.578. The molecule has 1 saturated heterocycles. The minimum atomic E-state index is 0.0505. The van der Waals surface area contributed by atoms with E-state index in [2.05, 4.69) is 76.3 Å². The topological polar surface area (TPSA) is 35.6 Å². The Balaban J connectivity index is 1.25. The van der Waals surface area contributed by atoms with E-state index in [1.807, 2.05) is 29.2 Å². The molecule has 31 heavy (non-hydrogen) atoms. The largest absolute Gasteiger partial charge is 0.339 e. The van der Waals surface area contributed by atoms with E-state index in [9.17, 15) is 4.79 Å². The van der Waals surface area contributed by atoms with Gasteiger partial charge in [0, 0.05) is 37.6 Å². The van der Waals surface area contributed by atoms with Crippen molar-refractivity contribution in [2.75, 3.05) is 39.3 Å². The van der Waals surface area contributed by atoms with E-state index in [1.54, 1.807) is 11.3 Å². The third-order valence-corrected chi connectivity index (χ3v) is 6.55. The standard InChI is InChI=1S/C26H29N3OS/c30-25(21-27-26(24-14-8-20-31-24)23-12-5-2-6-13-23)29-18-16-28(17-19-29)15-7-11-22-9-3-1-4-10-22/h1-14,20,26-27H,15-19,21H2. The summed E-state index contributed by atoms with van der Waals surface area (Å²) in [4.78, 5) is 18.5. The van der Waals surface area contributed by atoms with Crippen molar-refractivity contribution in [2.24, 2.45) is 0 Å². The zero-order chi connectivity index (χ0) is 21.3. The van der Waals surface area contributed by atoms with Crippen molar-refractivity contribution in [3.63, 3.8) is 0 Å². The van der Waals surface area contributed by atoms with Crippen LogP contribution < -0.4 is 5.32 Å². The first-order chi connectivity index (χ1) is 15.3. The monoisotopic (exact) mass is 431 g/mol. The molecule has 4 rings (SSSR count). The molecule has 160 valence electrons. The fourth-order valence-corrected chi connectivity index (χ4v) is 4.69. The number of piperazine rings is 1. The van der Waals surface area contributed by atoms with Gasteiger partial charge in [-0.3, -0.25) is 15.0 Å². The number of amides is 1. The molecule has 5 heteroatoms. The normalized spacial score (nSPS) is 15.9. The molecule has 1 N–H and O–H groups in total. The van der Waals surface area contributed by atoms with Crippen LogP contribution in [0.25, 0.3) is 6.08 Å². The molecule has 0 bridgehead atoms. The number of rotatable bonds is 8. The maximum atomic E-state index is 12.8. The van der Waals surface area contributed by atoms with E-state index >= 15 is 0 Å². The SMILES string of the molecule is O=C(CNC(c1ccccc1)c1cccs1)N1CCN(CC=Cc2ccccc2)CC1. The van der Waals surface area contributed by atoms with Gasteiger partial charge in [0.2, 0.25) is 5.91 Å². The van der Waals surface area contributed by atoms with Gasteiger partial charge in [0.15, 0.2) is 0 Å². The lowest BCUT2D eigenvalue weighted by atomic mass is 10.1. The van der Waals surface area contributed by atoms with Crippen LogP contribution in [0.1, 0.15) is 22.0 Å². The van der Waals surface area contributed by atoms with E-state index < -0.39 is 0 Å². The van der Waals surface area contributed by atoms with Gasteiger partial charge in [-0.2, -0.15) is 0 Å². The number of hydrogen-bond donors (Lipinski definition) is 1. The second-order valence-corrected chi connectivity index (χ2v) is 8.71. The predicted molar refractivity (Wildman–Crippen MR) is 129 cm³/mol. The van der Waals surface area contributed by atoms with Gasteiger partial charge < -0.3 is 4.90 Å². The maximum absolute atomic E-state index is 12.8. The van der Waals surface area contributed by atoms with Crippen LogP contribution in [0.5, 0.6) is 0 Å². The van der Waals surface area contributed by atoms with Gasteiger partial charge in [0.1, 0.15) is 0 Å². The number of carbonyl (C=O) groups excluding carboxylic acids is 1. The van der Waals surface area contributed by atoms with Crippen molar-refractivity contribution in [3.05, 3.63) is 100 Å². The summed E-state index contributed by atoms with van der Waals surface area (Å²) < 4.78 is 0. The molecule has 4 nitrogen and oxygen atoms in total. The van der Waals surface area contributed by atoms with Gasteiger partial charge in [-0.1, -0.05) is 78.9 Å². The van der Waals surface area contributed by atoms with E-state index in [1.165, 1.54) is 16.0 Å². The fourth-order valence-electron chi connectivity index (χ4n) is 3.87. The zero-order valence-electron chi connectivity index (χ0n) is 17.7. The minimum absolute atomic E-state index is 0.0505. The Morgan fingerprint density at radius 1 is 0.935 bits per heavy atom. The summed E-state index contributed by atoms with van der Waals surface area (Å²) in [5.41, 5.74) is 2.41. The minimum Gasteiger partial charge on any atom is -0.339 e. The molecule has 1 atom stereocenters. The molecule has 1 fully saturated rings. The first-order valence-electron chi connectivity index (χ1n) is 10.8. The highest BCUT2D eigenvalue weighted by atomic mass is 32.1. The first-order valence-corrected chi connectivity index (χ1v) is 11.7. The molecule has 0 radical (unpaired) electrons. The number of carbonyl (C=O) groups is 1. The summed E-state index contributed by atoms with van der Waals surface area (Å²) in [6.45, 7) is 4.67. The van der Waals surface area contributed by atoms with Gasteiger partial charge in [0.05, 0.1) is 12.6 Å². The lowest BCUT2D eigenvalue weighted by Crippen LogP contribution is -2.50. The predicted octanol–water partition coefficient (Wildman–Crippen LogP) is 4.28. The van der Waals surface area contributed by atoms with Crippen LogP contribution in [0.3, 0.4) is 0 Å². The molecule has 1 amide bonds. The fraction of sp³-hybridized carbons (Fsp3) is 0.269. The zero-order valence-corrected chi connectivity index (χ0v) is 18.5. The van der Waals surface area contributed by atoms with Crippen LogP contribution in [0.2, 0.25) is 0 Å². The maximum Gasteiger partial charge on any atom is 0.236 e. The van der Waals surface area contributed by atoms with Crippen LogP contribution >= 0.6 is 11.3 Å². The Bertz CT molecular complexity index is 949. The molecule has 0 spiro atoms. The molecule has 0 saturated carbocycles. The second kappa shape index (κ2) is 11.0. The number of thiophene rings is 1. The number of nitrogens with one attached hydrogen (secondary N) is 1. The summed E-state index contributed by atoms with van der Waals surface area (Å²) >= 11 is 1.72. The van der Waals surface area contributed by atoms with Crippen molar-refractivity contribution < 1.29 is 4.79 Å². The van der Waals surface area contributed by atoms with Crippen molar-refractivity contribution >= 4 is 23.3 Å². The van der Waals surface area contributed by atoms with Gasteiger partial charge in [-0.15, -0.1) is 11.3 Å². The third kappa shape index (κ3) is 6.14.